The van der Waals surface area contributed by atoms with Crippen molar-refractivity contribution in [3.63, 3.8) is 0 Å². The van der Waals surface area contributed by atoms with Crippen molar-refractivity contribution in [1.29, 1.82) is 0 Å². The number of benzene rings is 2. The molecule has 0 saturated carbocycles. The highest BCUT2D eigenvalue weighted by Gasteiger charge is 2.32. The van der Waals surface area contributed by atoms with Crippen molar-refractivity contribution in [3.8, 4) is 0 Å². The zero-order chi connectivity index (χ0) is 16.3. The van der Waals surface area contributed by atoms with E-state index in [9.17, 15) is 9.18 Å². The highest BCUT2D eigenvalue weighted by Crippen LogP contribution is 2.24. The smallest absolute Gasteiger partial charge is 0.255 e. The third kappa shape index (κ3) is 3.26. The molecule has 0 saturated heterocycles. The van der Waals surface area contributed by atoms with Crippen LogP contribution in [0, 0.1) is 5.82 Å². The number of rotatable bonds is 4. The average molecular weight is 337 g/mol. The van der Waals surface area contributed by atoms with Gasteiger partial charge in [-0.05, 0) is 36.8 Å². The number of carbonyl (C=O) groups is 1. The van der Waals surface area contributed by atoms with Crippen LogP contribution in [0.5, 0.6) is 0 Å². The quantitative estimate of drug-likeness (QED) is 0.841. The summed E-state index contributed by atoms with van der Waals surface area (Å²) in [6.07, 6.45) is 0. The van der Waals surface area contributed by atoms with Gasteiger partial charge in [-0.1, -0.05) is 48.1 Å². The van der Waals surface area contributed by atoms with Gasteiger partial charge >= 0.3 is 0 Å². The van der Waals surface area contributed by atoms with Crippen LogP contribution < -0.4 is 11.1 Å². The predicted octanol–water partition coefficient (Wildman–Crippen LogP) is 3.41. The molecule has 0 aliphatic heterocycles. The monoisotopic (exact) mass is 336 g/mol. The molecule has 1 unspecified atom stereocenters. The molecule has 22 heavy (non-hydrogen) atoms. The van der Waals surface area contributed by atoms with E-state index in [4.69, 9.17) is 29.6 Å². The molecule has 2 aromatic rings. The largest absolute Gasteiger partial charge is 0.391 e. The Kier molecular flexibility index (Phi) is 4.78. The molecule has 3 nitrogen and oxygen atoms in total. The summed E-state index contributed by atoms with van der Waals surface area (Å²) < 4.78 is 13.7. The van der Waals surface area contributed by atoms with Gasteiger partial charge in [-0.3, -0.25) is 4.79 Å². The number of nitrogens with two attached hydrogens (primary N) is 1. The lowest BCUT2D eigenvalue weighted by Gasteiger charge is -2.30. The number of thiocarbonyl (C=S) groups is 1. The van der Waals surface area contributed by atoms with Gasteiger partial charge in [0.1, 0.15) is 16.3 Å². The van der Waals surface area contributed by atoms with Crippen LogP contribution in [0.4, 0.5) is 4.39 Å². The van der Waals surface area contributed by atoms with E-state index in [2.05, 4.69) is 5.32 Å². The lowest BCUT2D eigenvalue weighted by atomic mass is 9.91. The second kappa shape index (κ2) is 6.42. The summed E-state index contributed by atoms with van der Waals surface area (Å²) in [5, 5.41) is 3.25. The maximum absolute atomic E-state index is 13.7. The van der Waals surface area contributed by atoms with Crippen LogP contribution in [-0.2, 0) is 5.54 Å². The van der Waals surface area contributed by atoms with Gasteiger partial charge in [0.25, 0.3) is 5.91 Å². The molecule has 0 radical (unpaired) electrons. The summed E-state index contributed by atoms with van der Waals surface area (Å²) in [5.41, 5.74) is 5.27. The fourth-order valence-corrected chi connectivity index (χ4v) is 2.29. The zero-order valence-electron chi connectivity index (χ0n) is 11.8. The number of amides is 1. The molecule has 2 rings (SSSR count). The van der Waals surface area contributed by atoms with Crippen molar-refractivity contribution >= 4 is 34.7 Å². The number of halogens is 2. The van der Waals surface area contributed by atoms with E-state index in [-0.39, 0.29) is 10.6 Å². The lowest BCUT2D eigenvalue weighted by Crippen LogP contribution is -2.52. The molecule has 3 N–H and O–H groups in total. The summed E-state index contributed by atoms with van der Waals surface area (Å²) in [6, 6.07) is 12.5. The zero-order valence-corrected chi connectivity index (χ0v) is 13.3. The third-order valence-electron chi connectivity index (χ3n) is 3.40. The second-order valence-corrected chi connectivity index (χ2v) is 5.81. The molecule has 0 spiro atoms. The molecular weight excluding hydrogens is 323 g/mol. The first-order valence-corrected chi connectivity index (χ1v) is 7.26. The molecule has 1 amide bonds. The molecule has 0 aromatic heterocycles. The van der Waals surface area contributed by atoms with Crippen LogP contribution in [0.2, 0.25) is 5.02 Å². The minimum absolute atomic E-state index is 0.0690. The van der Waals surface area contributed by atoms with Crippen LogP contribution in [0.25, 0.3) is 0 Å². The number of hydrogen-bond acceptors (Lipinski definition) is 2. The molecular formula is C16H14ClFN2OS. The van der Waals surface area contributed by atoms with Crippen LogP contribution in [-0.4, -0.2) is 10.9 Å². The first-order chi connectivity index (χ1) is 10.3. The van der Waals surface area contributed by atoms with E-state index >= 15 is 0 Å². The molecule has 0 aliphatic carbocycles. The first-order valence-electron chi connectivity index (χ1n) is 6.47. The van der Waals surface area contributed by atoms with E-state index in [1.807, 2.05) is 0 Å². The van der Waals surface area contributed by atoms with E-state index in [0.717, 1.165) is 0 Å². The Bertz CT molecular complexity index is 720. The maximum atomic E-state index is 13.7. The Morgan fingerprint density at radius 2 is 1.82 bits per heavy atom. The van der Waals surface area contributed by atoms with Crippen LogP contribution >= 0.6 is 23.8 Å². The minimum atomic E-state index is -1.11. The first kappa shape index (κ1) is 16.4. The second-order valence-electron chi connectivity index (χ2n) is 4.93. The van der Waals surface area contributed by atoms with Gasteiger partial charge in [0.05, 0.1) is 5.56 Å². The number of hydrogen-bond donors (Lipinski definition) is 2. The van der Waals surface area contributed by atoms with Crippen molar-refractivity contribution in [2.45, 2.75) is 12.5 Å². The van der Waals surface area contributed by atoms with Gasteiger partial charge in [0.2, 0.25) is 0 Å². The Morgan fingerprint density at radius 3 is 2.36 bits per heavy atom. The molecule has 0 bridgehead atoms. The van der Waals surface area contributed by atoms with Crippen molar-refractivity contribution in [2.24, 2.45) is 5.73 Å². The Morgan fingerprint density at radius 1 is 1.23 bits per heavy atom. The molecule has 1 atom stereocenters. The van der Waals surface area contributed by atoms with Crippen molar-refractivity contribution in [3.05, 3.63) is 70.5 Å². The van der Waals surface area contributed by atoms with E-state index in [1.54, 1.807) is 37.3 Å². The van der Waals surface area contributed by atoms with Crippen molar-refractivity contribution in [2.75, 3.05) is 0 Å². The van der Waals surface area contributed by atoms with Crippen LogP contribution in [0.3, 0.4) is 0 Å². The molecule has 0 aliphatic rings. The van der Waals surface area contributed by atoms with Gasteiger partial charge in [-0.25, -0.2) is 4.39 Å². The van der Waals surface area contributed by atoms with Crippen LogP contribution in [0.15, 0.2) is 48.5 Å². The van der Waals surface area contributed by atoms with E-state index < -0.39 is 17.3 Å². The minimum Gasteiger partial charge on any atom is -0.391 e. The van der Waals surface area contributed by atoms with Gasteiger partial charge in [-0.2, -0.15) is 0 Å². The van der Waals surface area contributed by atoms with Crippen LogP contribution in [0.1, 0.15) is 22.8 Å². The summed E-state index contributed by atoms with van der Waals surface area (Å²) in [4.78, 5) is 12.4. The third-order valence-corrected chi connectivity index (χ3v) is 4.06. The van der Waals surface area contributed by atoms with E-state index in [0.29, 0.717) is 10.6 Å². The summed E-state index contributed by atoms with van der Waals surface area (Å²) in [7, 11) is 0. The molecule has 0 fully saturated rings. The Balaban J connectivity index is 2.37. The standard InChI is InChI=1S/C16H14ClFN2OS/c1-16(15(19)22,10-6-8-11(17)9-7-10)20-14(21)12-4-2-3-5-13(12)18/h2-9H,1H3,(H2,19,22)(H,20,21). The summed E-state index contributed by atoms with van der Waals surface area (Å²) >= 11 is 10.9. The molecule has 6 heteroatoms. The van der Waals surface area contributed by atoms with Gasteiger partial charge in [-0.15, -0.1) is 0 Å². The molecule has 2 aromatic carbocycles. The highest BCUT2D eigenvalue weighted by molar-refractivity contribution is 7.80. The SMILES string of the molecule is CC(NC(=O)c1ccccc1F)(C(N)=S)c1ccc(Cl)cc1. The van der Waals surface area contributed by atoms with Gasteiger partial charge < -0.3 is 11.1 Å². The maximum Gasteiger partial charge on any atom is 0.255 e. The average Bonchev–Trinajstić information content (AvgIpc) is 2.47. The molecule has 114 valence electrons. The molecule has 0 heterocycles. The summed E-state index contributed by atoms with van der Waals surface area (Å²) in [5.74, 6) is -1.20. The highest BCUT2D eigenvalue weighted by atomic mass is 35.5. The Labute approximate surface area is 138 Å². The number of carbonyl (C=O) groups excluding carboxylic acids is 1. The Hall–Kier alpha value is -1.98. The lowest BCUT2D eigenvalue weighted by molar-refractivity contribution is 0.0923. The van der Waals surface area contributed by atoms with E-state index in [1.165, 1.54) is 18.2 Å². The fraction of sp³-hybridized carbons (Fsp3) is 0.125. The van der Waals surface area contributed by atoms with Crippen molar-refractivity contribution < 1.29 is 9.18 Å². The fourth-order valence-electron chi connectivity index (χ4n) is 2.00. The van der Waals surface area contributed by atoms with Gasteiger partial charge in [0.15, 0.2) is 0 Å². The van der Waals surface area contributed by atoms with Crippen molar-refractivity contribution in [1.82, 2.24) is 5.32 Å². The predicted molar refractivity (Wildman–Crippen MR) is 89.5 cm³/mol. The topological polar surface area (TPSA) is 55.1 Å². The summed E-state index contributed by atoms with van der Waals surface area (Å²) in [6.45, 7) is 1.66. The normalized spacial score (nSPS) is 13.2. The number of nitrogens with one attached hydrogen (secondary N) is 1. The van der Waals surface area contributed by atoms with Gasteiger partial charge in [0, 0.05) is 5.02 Å².